The van der Waals surface area contributed by atoms with Crippen LogP contribution in [0.4, 0.5) is 11.4 Å². The molecule has 57 heavy (non-hydrogen) atoms. The number of nitrogens with zero attached hydrogens (tertiary/aromatic N) is 1. The second kappa shape index (κ2) is 24.7. The third-order valence-corrected chi connectivity index (χ3v) is 10.2. The molecule has 1 amide bonds. The van der Waals surface area contributed by atoms with Gasteiger partial charge in [-0.15, -0.1) is 0 Å². The fourth-order valence-electron chi connectivity index (χ4n) is 7.18. The molecule has 14 nitrogen and oxygen atoms in total. The first-order valence-corrected chi connectivity index (χ1v) is 20.1. The molecule has 3 unspecified atom stereocenters. The molecule has 14 heteroatoms. The summed E-state index contributed by atoms with van der Waals surface area (Å²) in [5, 5.41) is 17.1. The van der Waals surface area contributed by atoms with Gasteiger partial charge in [0.2, 0.25) is 0 Å². The monoisotopic (exact) mass is 795 g/mol. The zero-order valence-electron chi connectivity index (χ0n) is 34.3. The zero-order valence-corrected chi connectivity index (χ0v) is 34.3. The number of hydrogen-bond acceptors (Lipinski definition) is 13. The number of ether oxygens (including phenoxy) is 7. The fourth-order valence-corrected chi connectivity index (χ4v) is 7.18. The van der Waals surface area contributed by atoms with E-state index in [1.807, 2.05) is 36.4 Å². The van der Waals surface area contributed by atoms with Gasteiger partial charge in [0.05, 0.1) is 115 Å². The Balaban J connectivity index is 1.37. The minimum atomic E-state index is -0.875. The predicted octanol–water partition coefficient (Wildman–Crippen LogP) is 4.47. The third kappa shape index (κ3) is 14.1. The number of rotatable bonds is 27. The summed E-state index contributed by atoms with van der Waals surface area (Å²) in [6.45, 7) is 10.1. The lowest BCUT2D eigenvalue weighted by Gasteiger charge is -2.35. The maximum atomic E-state index is 13.8. The van der Waals surface area contributed by atoms with Crippen molar-refractivity contribution in [2.45, 2.75) is 51.0 Å². The lowest BCUT2D eigenvalue weighted by molar-refractivity contribution is -0.120. The number of nitrogens with one attached hydrogen (secondary N) is 2. The lowest BCUT2D eigenvalue weighted by atomic mass is 9.83. The number of hydrogen-bond donors (Lipinski definition) is 5. The fraction of sp³-hybridized carbons (Fsp3) is 0.581. The molecular formula is C43H65N5O9. The number of amides is 1. The van der Waals surface area contributed by atoms with Gasteiger partial charge < -0.3 is 60.4 Å². The van der Waals surface area contributed by atoms with Crippen LogP contribution in [0.25, 0.3) is 0 Å². The Hall–Kier alpha value is -4.02. The molecule has 0 saturated heterocycles. The van der Waals surface area contributed by atoms with Gasteiger partial charge in [0, 0.05) is 18.8 Å². The molecule has 0 radical (unpaired) electrons. The van der Waals surface area contributed by atoms with E-state index in [1.54, 1.807) is 20.3 Å². The normalized spacial score (nSPS) is 19.5. The average molecular weight is 796 g/mol. The lowest BCUT2D eigenvalue weighted by Crippen LogP contribution is -2.55. The molecular weight excluding hydrogens is 730 g/mol. The van der Waals surface area contributed by atoms with Crippen LogP contribution in [0.3, 0.4) is 0 Å². The quantitative estimate of drug-likeness (QED) is 0.0370. The second-order valence-electron chi connectivity index (χ2n) is 14.5. The molecule has 0 spiro atoms. The summed E-state index contributed by atoms with van der Waals surface area (Å²) in [5.41, 5.74) is 14.6. The standard InChI is InChI=1S/C43H65N5O9/c1-31(2)35-28-34(46-16-18-54-20-22-56-24-26-57-25-23-55-21-19-53-17-15-44)12-13-37(35)47-38(41-39(51-3)8-5-9-40(41)52-4)29-36(45)42(50)48-43(30-49)14-6-7-32-10-11-33(43)27-32/h5-6,8-9,12-14,28-29,31-33,46,49H,7,10-11,15-27,30,44-45H2,1-4H3,(H,48,50). The van der Waals surface area contributed by atoms with Crippen molar-refractivity contribution in [2.24, 2.45) is 28.3 Å². The molecule has 7 N–H and O–H groups in total. The predicted molar refractivity (Wildman–Crippen MR) is 223 cm³/mol. The molecule has 2 aliphatic rings. The van der Waals surface area contributed by atoms with Crippen LogP contribution in [0.15, 0.2) is 65.3 Å². The Labute approximate surface area is 338 Å². The van der Waals surface area contributed by atoms with Crippen molar-refractivity contribution in [3.8, 4) is 11.5 Å². The molecule has 0 aromatic heterocycles. The Kier molecular flexibility index (Phi) is 19.8. The Morgan fingerprint density at radius 1 is 0.912 bits per heavy atom. The van der Waals surface area contributed by atoms with E-state index in [0.29, 0.717) is 114 Å². The van der Waals surface area contributed by atoms with Crippen molar-refractivity contribution in [1.82, 2.24) is 5.32 Å². The first-order chi connectivity index (χ1) is 27.7. The zero-order chi connectivity index (χ0) is 40.9. The Bertz CT molecular complexity index is 1590. The third-order valence-electron chi connectivity index (χ3n) is 10.2. The van der Waals surface area contributed by atoms with Gasteiger partial charge in [-0.3, -0.25) is 4.79 Å². The number of aliphatic hydroxyl groups excluding tert-OH is 1. The van der Waals surface area contributed by atoms with Gasteiger partial charge in [-0.25, -0.2) is 4.99 Å². The highest BCUT2D eigenvalue weighted by Crippen LogP contribution is 2.43. The second-order valence-corrected chi connectivity index (χ2v) is 14.5. The number of benzene rings is 2. The molecule has 2 aliphatic carbocycles. The average Bonchev–Trinajstić information content (AvgIpc) is 3.63. The number of methoxy groups -OCH3 is 2. The van der Waals surface area contributed by atoms with E-state index < -0.39 is 11.4 Å². The molecule has 1 saturated carbocycles. The van der Waals surface area contributed by atoms with E-state index in [2.05, 4.69) is 36.6 Å². The Morgan fingerprint density at radius 2 is 1.53 bits per heavy atom. The summed E-state index contributed by atoms with van der Waals surface area (Å²) < 4.78 is 39.0. The van der Waals surface area contributed by atoms with Gasteiger partial charge in [0.25, 0.3) is 5.91 Å². The first-order valence-electron chi connectivity index (χ1n) is 20.1. The summed E-state index contributed by atoms with van der Waals surface area (Å²) in [5.74, 6) is 1.37. The number of aliphatic hydroxyl groups is 1. The first kappa shape index (κ1) is 45.7. The van der Waals surface area contributed by atoms with Crippen molar-refractivity contribution in [1.29, 1.82) is 0 Å². The number of anilines is 1. The van der Waals surface area contributed by atoms with Crippen LogP contribution < -0.4 is 31.6 Å². The molecule has 4 rings (SSSR count). The SMILES string of the molecule is COc1cccc(OC)c1C(C=C(N)C(=O)NC1(CO)C=CCC2CCC1C2)=Nc1ccc(NCCOCCOCCOCCOCCOCCN)cc1C(C)C. The van der Waals surface area contributed by atoms with Gasteiger partial charge in [-0.1, -0.05) is 32.1 Å². The van der Waals surface area contributed by atoms with Gasteiger partial charge in [-0.2, -0.15) is 0 Å². The Morgan fingerprint density at radius 3 is 2.11 bits per heavy atom. The van der Waals surface area contributed by atoms with Crippen LogP contribution >= 0.6 is 0 Å². The number of fused-ring (bicyclic) bond motifs is 2. The highest BCUT2D eigenvalue weighted by atomic mass is 16.6. The van der Waals surface area contributed by atoms with Crippen LogP contribution in [-0.2, 0) is 28.5 Å². The molecule has 1 fully saturated rings. The number of nitrogens with two attached hydrogens (primary N) is 2. The van der Waals surface area contributed by atoms with Crippen molar-refractivity contribution in [3.63, 3.8) is 0 Å². The highest BCUT2D eigenvalue weighted by molar-refractivity contribution is 6.16. The molecule has 2 aromatic carbocycles. The van der Waals surface area contributed by atoms with E-state index in [4.69, 9.17) is 49.6 Å². The van der Waals surface area contributed by atoms with E-state index in [9.17, 15) is 9.90 Å². The number of aliphatic imine (C=N–C) groups is 1. The van der Waals surface area contributed by atoms with E-state index >= 15 is 0 Å². The molecule has 2 aromatic rings. The molecule has 0 heterocycles. The van der Waals surface area contributed by atoms with Crippen LogP contribution in [0.1, 0.15) is 56.6 Å². The van der Waals surface area contributed by atoms with Crippen molar-refractivity contribution >= 4 is 23.0 Å². The van der Waals surface area contributed by atoms with E-state index in [0.717, 1.165) is 36.9 Å². The van der Waals surface area contributed by atoms with Gasteiger partial charge >= 0.3 is 0 Å². The summed E-state index contributed by atoms with van der Waals surface area (Å²) >= 11 is 0. The molecule has 2 bridgehead atoms. The largest absolute Gasteiger partial charge is 0.496 e. The van der Waals surface area contributed by atoms with Gasteiger partial charge in [0.1, 0.15) is 11.5 Å². The maximum absolute atomic E-state index is 13.8. The number of allylic oxidation sites excluding steroid dienone is 2. The van der Waals surface area contributed by atoms with Crippen molar-refractivity contribution in [3.05, 3.63) is 71.5 Å². The minimum absolute atomic E-state index is 0.0490. The summed E-state index contributed by atoms with van der Waals surface area (Å²) in [6.07, 6.45) is 9.51. The van der Waals surface area contributed by atoms with E-state index in [-0.39, 0.29) is 24.1 Å². The van der Waals surface area contributed by atoms with E-state index in [1.165, 1.54) is 0 Å². The van der Waals surface area contributed by atoms with Gasteiger partial charge in [-0.05, 0) is 85.4 Å². The maximum Gasteiger partial charge on any atom is 0.267 e. The van der Waals surface area contributed by atoms with Crippen LogP contribution in [0.5, 0.6) is 11.5 Å². The van der Waals surface area contributed by atoms with Crippen LogP contribution in [0.2, 0.25) is 0 Å². The smallest absolute Gasteiger partial charge is 0.267 e. The summed E-state index contributed by atoms with van der Waals surface area (Å²) in [7, 11) is 3.15. The molecule has 3 atom stereocenters. The van der Waals surface area contributed by atoms with Crippen LogP contribution in [-0.4, -0.2) is 122 Å². The summed E-state index contributed by atoms with van der Waals surface area (Å²) in [6, 6.07) is 11.4. The molecule has 0 aliphatic heterocycles. The summed E-state index contributed by atoms with van der Waals surface area (Å²) in [4.78, 5) is 18.9. The van der Waals surface area contributed by atoms with Crippen LogP contribution in [0, 0.1) is 11.8 Å². The topological polar surface area (TPSA) is 190 Å². The van der Waals surface area contributed by atoms with Crippen molar-refractivity contribution in [2.75, 3.05) is 105 Å². The minimum Gasteiger partial charge on any atom is -0.496 e. The molecule has 316 valence electrons. The van der Waals surface area contributed by atoms with Gasteiger partial charge in [0.15, 0.2) is 0 Å². The number of carbonyl (C=O) groups excluding carboxylic acids is 1. The number of carbonyl (C=O) groups is 1. The highest BCUT2D eigenvalue weighted by Gasteiger charge is 2.43. The van der Waals surface area contributed by atoms with Crippen molar-refractivity contribution < 1.29 is 43.1 Å².